The summed E-state index contributed by atoms with van der Waals surface area (Å²) in [6, 6.07) is -0.806. The van der Waals surface area contributed by atoms with E-state index in [0.717, 1.165) is 19.3 Å². The van der Waals surface area contributed by atoms with Gasteiger partial charge in [0.05, 0.1) is 0 Å². The predicted molar refractivity (Wildman–Crippen MR) is 74.0 cm³/mol. The Morgan fingerprint density at radius 2 is 1.68 bits per heavy atom. The number of nitrogens with zero attached hydrogens (tertiary/aromatic N) is 1. The number of hydrogen-bond donors (Lipinski definition) is 2. The Balaban J connectivity index is 2.79. The fourth-order valence-electron chi connectivity index (χ4n) is 2.67. The van der Waals surface area contributed by atoms with Crippen molar-refractivity contribution in [3.05, 3.63) is 0 Å². The van der Waals surface area contributed by atoms with E-state index in [-0.39, 0.29) is 18.1 Å². The van der Waals surface area contributed by atoms with Crippen LogP contribution in [-0.4, -0.2) is 40.1 Å². The number of carbonyl (C=O) groups is 2. The monoisotopic (exact) mass is 270 g/mol. The van der Waals surface area contributed by atoms with Crippen LogP contribution in [0.15, 0.2) is 0 Å². The molecule has 0 saturated carbocycles. The normalized spacial score (nSPS) is 25.8. The quantitative estimate of drug-likeness (QED) is 0.809. The number of piperidine rings is 1. The zero-order chi connectivity index (χ0) is 14.8. The van der Waals surface area contributed by atoms with Gasteiger partial charge in [-0.3, -0.25) is 0 Å². The van der Waals surface area contributed by atoms with Crippen molar-refractivity contribution in [2.45, 2.75) is 72.0 Å². The molecule has 3 atom stereocenters. The lowest BCUT2D eigenvalue weighted by Crippen LogP contribution is -2.58. The standard InChI is InChI=1S/C14H26N2O3/c1-9-7-6-8-10(2)16(9)13(19)15-11(12(17)18)14(3,4)5/h9-11H,6-8H2,1-5H3,(H,15,19)(H,17,18). The molecule has 2 N–H and O–H groups in total. The second-order valence-corrected chi connectivity index (χ2v) is 6.62. The van der Waals surface area contributed by atoms with Gasteiger partial charge in [-0.15, -0.1) is 0 Å². The van der Waals surface area contributed by atoms with E-state index >= 15 is 0 Å². The van der Waals surface area contributed by atoms with Gasteiger partial charge < -0.3 is 15.3 Å². The van der Waals surface area contributed by atoms with E-state index in [1.54, 1.807) is 4.90 Å². The maximum atomic E-state index is 12.3. The molecular formula is C14H26N2O3. The summed E-state index contributed by atoms with van der Waals surface area (Å²) in [7, 11) is 0. The van der Waals surface area contributed by atoms with Gasteiger partial charge in [-0.2, -0.15) is 0 Å². The van der Waals surface area contributed by atoms with Crippen LogP contribution in [0.5, 0.6) is 0 Å². The second-order valence-electron chi connectivity index (χ2n) is 6.62. The van der Waals surface area contributed by atoms with Gasteiger partial charge in [0, 0.05) is 12.1 Å². The molecule has 1 aliphatic rings. The zero-order valence-electron chi connectivity index (χ0n) is 12.6. The lowest BCUT2D eigenvalue weighted by molar-refractivity contribution is -0.142. The molecule has 110 valence electrons. The molecule has 5 heteroatoms. The number of likely N-dealkylation sites (tertiary alicyclic amines) is 1. The topological polar surface area (TPSA) is 69.6 Å². The summed E-state index contributed by atoms with van der Waals surface area (Å²) < 4.78 is 0. The molecule has 0 aromatic heterocycles. The maximum Gasteiger partial charge on any atom is 0.326 e. The largest absolute Gasteiger partial charge is 0.480 e. The fraction of sp³-hybridized carbons (Fsp3) is 0.857. The Bertz CT molecular complexity index is 339. The first-order valence-electron chi connectivity index (χ1n) is 6.96. The Hall–Kier alpha value is -1.26. The molecule has 5 nitrogen and oxygen atoms in total. The van der Waals surface area contributed by atoms with E-state index in [1.165, 1.54) is 0 Å². The summed E-state index contributed by atoms with van der Waals surface area (Å²) in [6.07, 6.45) is 3.07. The molecule has 1 fully saturated rings. The molecule has 1 aliphatic heterocycles. The minimum Gasteiger partial charge on any atom is -0.480 e. The zero-order valence-corrected chi connectivity index (χ0v) is 12.6. The number of carboxylic acids is 1. The van der Waals surface area contributed by atoms with E-state index < -0.39 is 17.4 Å². The molecule has 0 aromatic rings. The number of amides is 2. The van der Waals surface area contributed by atoms with E-state index in [2.05, 4.69) is 5.32 Å². The molecular weight excluding hydrogens is 244 g/mol. The molecule has 0 radical (unpaired) electrons. The van der Waals surface area contributed by atoms with Crippen LogP contribution in [0.3, 0.4) is 0 Å². The number of rotatable bonds is 2. The Kier molecular flexibility index (Phi) is 4.82. The molecule has 2 amide bonds. The van der Waals surface area contributed by atoms with Gasteiger partial charge in [0.1, 0.15) is 6.04 Å². The number of nitrogens with one attached hydrogen (secondary N) is 1. The third kappa shape index (κ3) is 3.85. The molecule has 0 spiro atoms. The first kappa shape index (κ1) is 15.8. The van der Waals surface area contributed by atoms with E-state index in [0.29, 0.717) is 0 Å². The number of urea groups is 1. The fourth-order valence-corrected chi connectivity index (χ4v) is 2.67. The molecule has 0 aromatic carbocycles. The minimum absolute atomic E-state index is 0.165. The van der Waals surface area contributed by atoms with Crippen molar-refractivity contribution in [2.24, 2.45) is 5.41 Å². The Labute approximate surface area is 115 Å². The lowest BCUT2D eigenvalue weighted by Gasteiger charge is -2.40. The average Bonchev–Trinajstić information content (AvgIpc) is 2.23. The molecule has 0 bridgehead atoms. The van der Waals surface area contributed by atoms with Crippen LogP contribution in [0.25, 0.3) is 0 Å². The van der Waals surface area contributed by atoms with Crippen molar-refractivity contribution in [1.29, 1.82) is 0 Å². The minimum atomic E-state index is -0.988. The first-order chi connectivity index (χ1) is 8.64. The summed E-state index contributed by atoms with van der Waals surface area (Å²) in [5.41, 5.74) is -0.510. The van der Waals surface area contributed by atoms with Crippen molar-refractivity contribution in [2.75, 3.05) is 0 Å². The van der Waals surface area contributed by atoms with Gasteiger partial charge in [0.15, 0.2) is 0 Å². The van der Waals surface area contributed by atoms with Crippen LogP contribution in [0.1, 0.15) is 53.9 Å². The smallest absolute Gasteiger partial charge is 0.326 e. The molecule has 0 aliphatic carbocycles. The lowest BCUT2D eigenvalue weighted by atomic mass is 9.87. The highest BCUT2D eigenvalue weighted by Crippen LogP contribution is 2.24. The summed E-state index contributed by atoms with van der Waals surface area (Å²) in [6.45, 7) is 9.48. The Morgan fingerprint density at radius 1 is 1.21 bits per heavy atom. The van der Waals surface area contributed by atoms with Crippen molar-refractivity contribution >= 4 is 12.0 Å². The van der Waals surface area contributed by atoms with Gasteiger partial charge in [0.2, 0.25) is 0 Å². The number of aliphatic carboxylic acids is 1. The van der Waals surface area contributed by atoms with E-state index in [9.17, 15) is 14.7 Å². The van der Waals surface area contributed by atoms with Gasteiger partial charge in [-0.25, -0.2) is 9.59 Å². The number of carboxylic acid groups (broad SMARTS) is 1. The average molecular weight is 270 g/mol. The van der Waals surface area contributed by atoms with Crippen LogP contribution in [0, 0.1) is 5.41 Å². The van der Waals surface area contributed by atoms with Crippen LogP contribution in [-0.2, 0) is 4.79 Å². The van der Waals surface area contributed by atoms with Gasteiger partial charge >= 0.3 is 12.0 Å². The van der Waals surface area contributed by atoms with Crippen molar-refractivity contribution in [3.8, 4) is 0 Å². The summed E-state index contributed by atoms with van der Waals surface area (Å²) >= 11 is 0. The summed E-state index contributed by atoms with van der Waals surface area (Å²) in [5.74, 6) is -0.988. The maximum absolute atomic E-state index is 12.3. The number of carbonyl (C=O) groups excluding carboxylic acids is 1. The molecule has 3 unspecified atom stereocenters. The van der Waals surface area contributed by atoms with Crippen LogP contribution in [0.4, 0.5) is 4.79 Å². The van der Waals surface area contributed by atoms with Crippen LogP contribution in [0.2, 0.25) is 0 Å². The highest BCUT2D eigenvalue weighted by atomic mass is 16.4. The summed E-state index contributed by atoms with van der Waals surface area (Å²) in [5, 5.41) is 11.9. The third-order valence-electron chi connectivity index (χ3n) is 3.81. The van der Waals surface area contributed by atoms with Crippen molar-refractivity contribution < 1.29 is 14.7 Å². The second kappa shape index (κ2) is 5.80. The van der Waals surface area contributed by atoms with Gasteiger partial charge in [-0.05, 0) is 38.5 Å². The van der Waals surface area contributed by atoms with Crippen LogP contribution < -0.4 is 5.32 Å². The first-order valence-corrected chi connectivity index (χ1v) is 6.96. The Morgan fingerprint density at radius 3 is 2.05 bits per heavy atom. The van der Waals surface area contributed by atoms with Gasteiger partial charge in [0.25, 0.3) is 0 Å². The molecule has 1 heterocycles. The highest BCUT2D eigenvalue weighted by molar-refractivity contribution is 5.83. The van der Waals surface area contributed by atoms with Crippen molar-refractivity contribution in [3.63, 3.8) is 0 Å². The molecule has 1 rings (SSSR count). The molecule has 19 heavy (non-hydrogen) atoms. The molecule has 1 saturated heterocycles. The predicted octanol–water partition coefficient (Wildman–Crippen LogP) is 2.46. The SMILES string of the molecule is CC1CCCC(C)N1C(=O)NC(C(=O)O)C(C)(C)C. The third-order valence-corrected chi connectivity index (χ3v) is 3.81. The summed E-state index contributed by atoms with van der Waals surface area (Å²) in [4.78, 5) is 25.4. The number of hydrogen-bond acceptors (Lipinski definition) is 2. The van der Waals surface area contributed by atoms with Crippen molar-refractivity contribution in [1.82, 2.24) is 10.2 Å². The van der Waals surface area contributed by atoms with Crippen LogP contribution >= 0.6 is 0 Å². The van der Waals surface area contributed by atoms with E-state index in [4.69, 9.17) is 0 Å². The highest BCUT2D eigenvalue weighted by Gasteiger charge is 2.36. The van der Waals surface area contributed by atoms with Gasteiger partial charge in [-0.1, -0.05) is 20.8 Å². The van der Waals surface area contributed by atoms with E-state index in [1.807, 2.05) is 34.6 Å².